The second-order valence-corrected chi connectivity index (χ2v) is 4.65. The fourth-order valence-corrected chi connectivity index (χ4v) is 2.15. The minimum absolute atomic E-state index is 0.0307. The number of nitrogens with zero attached hydrogens (tertiary/aromatic N) is 2. The highest BCUT2D eigenvalue weighted by Crippen LogP contribution is 2.30. The van der Waals surface area contributed by atoms with Gasteiger partial charge in [-0.15, -0.1) is 0 Å². The molecule has 0 saturated heterocycles. The fourth-order valence-electron chi connectivity index (χ4n) is 2.15. The van der Waals surface area contributed by atoms with Gasteiger partial charge in [-0.3, -0.25) is 4.40 Å². The van der Waals surface area contributed by atoms with E-state index in [-0.39, 0.29) is 5.69 Å². The predicted octanol–water partition coefficient (Wildman–Crippen LogP) is 3.72. The summed E-state index contributed by atoms with van der Waals surface area (Å²) in [4.78, 5) is 15.4. The number of pyridine rings is 1. The first-order chi connectivity index (χ1) is 10.4. The Labute approximate surface area is 122 Å². The third-order valence-electron chi connectivity index (χ3n) is 3.22. The maximum absolute atomic E-state index is 12.5. The SMILES string of the molecule is O=C(O)c1cccc2nc(-c3ccc(C(F)(F)F)cc3)cn12. The van der Waals surface area contributed by atoms with Crippen molar-refractivity contribution in [2.24, 2.45) is 0 Å². The Morgan fingerprint density at radius 1 is 1.09 bits per heavy atom. The molecule has 0 saturated carbocycles. The topological polar surface area (TPSA) is 54.6 Å². The second kappa shape index (κ2) is 4.87. The van der Waals surface area contributed by atoms with Crippen LogP contribution in [0.3, 0.4) is 0 Å². The number of halogens is 3. The van der Waals surface area contributed by atoms with Crippen LogP contribution < -0.4 is 0 Å². The molecule has 0 amide bonds. The maximum atomic E-state index is 12.5. The molecule has 0 fully saturated rings. The van der Waals surface area contributed by atoms with E-state index in [1.54, 1.807) is 12.1 Å². The molecule has 0 aliphatic heterocycles. The summed E-state index contributed by atoms with van der Waals surface area (Å²) in [5.41, 5.74) is 0.583. The summed E-state index contributed by atoms with van der Waals surface area (Å²) in [7, 11) is 0. The number of carbonyl (C=O) groups is 1. The molecule has 0 atom stereocenters. The highest BCUT2D eigenvalue weighted by Gasteiger charge is 2.30. The first-order valence-corrected chi connectivity index (χ1v) is 6.25. The average molecular weight is 306 g/mol. The molecule has 2 aromatic heterocycles. The Morgan fingerprint density at radius 2 is 1.77 bits per heavy atom. The lowest BCUT2D eigenvalue weighted by molar-refractivity contribution is -0.137. The number of hydrogen-bond acceptors (Lipinski definition) is 2. The molecule has 0 unspecified atom stereocenters. The number of carboxylic acids is 1. The van der Waals surface area contributed by atoms with Gasteiger partial charge in [0.2, 0.25) is 0 Å². The van der Waals surface area contributed by atoms with E-state index in [4.69, 9.17) is 5.11 Å². The molecule has 4 nitrogen and oxygen atoms in total. The molecule has 0 aliphatic carbocycles. The smallest absolute Gasteiger partial charge is 0.416 e. The highest BCUT2D eigenvalue weighted by molar-refractivity contribution is 5.87. The van der Waals surface area contributed by atoms with Crippen LogP contribution in [-0.2, 0) is 6.18 Å². The van der Waals surface area contributed by atoms with Crippen molar-refractivity contribution in [3.05, 3.63) is 59.9 Å². The zero-order valence-corrected chi connectivity index (χ0v) is 11.0. The van der Waals surface area contributed by atoms with Crippen LogP contribution in [0.5, 0.6) is 0 Å². The van der Waals surface area contributed by atoms with Crippen molar-refractivity contribution < 1.29 is 23.1 Å². The predicted molar refractivity (Wildman–Crippen MR) is 72.6 cm³/mol. The van der Waals surface area contributed by atoms with Gasteiger partial charge in [-0.2, -0.15) is 13.2 Å². The summed E-state index contributed by atoms with van der Waals surface area (Å²) in [6, 6.07) is 9.17. The molecule has 0 bridgehead atoms. The van der Waals surface area contributed by atoms with E-state index in [9.17, 15) is 18.0 Å². The van der Waals surface area contributed by atoms with Gasteiger partial charge >= 0.3 is 12.1 Å². The number of benzene rings is 1. The first kappa shape index (κ1) is 14.1. The Balaban J connectivity index is 2.07. The molecule has 2 heterocycles. The number of fused-ring (bicyclic) bond motifs is 1. The standard InChI is InChI=1S/C15H9F3N2O2/c16-15(17,18)10-6-4-9(5-7-10)11-8-20-12(14(21)22)2-1-3-13(20)19-11/h1-8H,(H,21,22). The zero-order chi connectivity index (χ0) is 15.9. The Bertz CT molecular complexity index is 851. The summed E-state index contributed by atoms with van der Waals surface area (Å²) in [6.45, 7) is 0. The van der Waals surface area contributed by atoms with E-state index in [1.165, 1.54) is 28.8 Å². The molecular formula is C15H9F3N2O2. The van der Waals surface area contributed by atoms with Crippen LogP contribution in [-0.4, -0.2) is 20.5 Å². The largest absolute Gasteiger partial charge is 0.477 e. The van der Waals surface area contributed by atoms with Gasteiger partial charge in [-0.1, -0.05) is 18.2 Å². The third kappa shape index (κ3) is 2.41. The third-order valence-corrected chi connectivity index (χ3v) is 3.22. The van der Waals surface area contributed by atoms with Gasteiger partial charge in [0.25, 0.3) is 0 Å². The molecule has 1 N–H and O–H groups in total. The normalized spacial score (nSPS) is 11.8. The van der Waals surface area contributed by atoms with Crippen LogP contribution in [0.25, 0.3) is 16.9 Å². The van der Waals surface area contributed by atoms with Gasteiger partial charge in [-0.05, 0) is 24.3 Å². The summed E-state index contributed by atoms with van der Waals surface area (Å²) >= 11 is 0. The number of hydrogen-bond donors (Lipinski definition) is 1. The van der Waals surface area contributed by atoms with E-state index in [2.05, 4.69) is 4.98 Å². The quantitative estimate of drug-likeness (QED) is 0.785. The molecule has 3 rings (SSSR count). The van der Waals surface area contributed by atoms with Crippen molar-refractivity contribution >= 4 is 11.6 Å². The van der Waals surface area contributed by atoms with Crippen molar-refractivity contribution in [2.75, 3.05) is 0 Å². The van der Waals surface area contributed by atoms with E-state index in [0.29, 0.717) is 16.9 Å². The number of carboxylic acid groups (broad SMARTS) is 1. The van der Waals surface area contributed by atoms with Crippen LogP contribution in [0.4, 0.5) is 13.2 Å². The molecular weight excluding hydrogens is 297 g/mol. The van der Waals surface area contributed by atoms with Crippen LogP contribution in [0.15, 0.2) is 48.7 Å². The van der Waals surface area contributed by atoms with Crippen molar-refractivity contribution in [1.82, 2.24) is 9.38 Å². The zero-order valence-electron chi connectivity index (χ0n) is 11.0. The van der Waals surface area contributed by atoms with Gasteiger partial charge in [-0.25, -0.2) is 9.78 Å². The number of imidazole rings is 1. The summed E-state index contributed by atoms with van der Waals surface area (Å²) in [5.74, 6) is -1.11. The maximum Gasteiger partial charge on any atom is 0.416 e. The van der Waals surface area contributed by atoms with E-state index in [1.807, 2.05) is 0 Å². The lowest BCUT2D eigenvalue weighted by atomic mass is 10.1. The lowest BCUT2D eigenvalue weighted by Crippen LogP contribution is -2.04. The Kier molecular flexibility index (Phi) is 3.13. The minimum Gasteiger partial charge on any atom is -0.477 e. The average Bonchev–Trinajstić information content (AvgIpc) is 2.90. The molecule has 7 heteroatoms. The number of alkyl halides is 3. The number of rotatable bonds is 2. The molecule has 3 aromatic rings. The molecule has 112 valence electrons. The number of aromatic carboxylic acids is 1. The molecule has 0 radical (unpaired) electrons. The second-order valence-electron chi connectivity index (χ2n) is 4.65. The van der Waals surface area contributed by atoms with Crippen LogP contribution in [0, 0.1) is 0 Å². The van der Waals surface area contributed by atoms with E-state index >= 15 is 0 Å². The van der Waals surface area contributed by atoms with E-state index in [0.717, 1.165) is 12.1 Å². The van der Waals surface area contributed by atoms with Crippen LogP contribution >= 0.6 is 0 Å². The number of aromatic nitrogens is 2. The molecule has 22 heavy (non-hydrogen) atoms. The van der Waals surface area contributed by atoms with Crippen molar-refractivity contribution in [2.45, 2.75) is 6.18 Å². The van der Waals surface area contributed by atoms with Gasteiger partial charge in [0.1, 0.15) is 11.3 Å². The first-order valence-electron chi connectivity index (χ1n) is 6.25. The van der Waals surface area contributed by atoms with E-state index < -0.39 is 17.7 Å². The van der Waals surface area contributed by atoms with Gasteiger partial charge in [0, 0.05) is 11.8 Å². The Morgan fingerprint density at radius 3 is 2.36 bits per heavy atom. The summed E-state index contributed by atoms with van der Waals surface area (Å²) in [5, 5.41) is 9.11. The molecule has 1 aromatic carbocycles. The summed E-state index contributed by atoms with van der Waals surface area (Å²) in [6.07, 6.45) is -2.91. The van der Waals surface area contributed by atoms with Gasteiger partial charge < -0.3 is 5.11 Å². The van der Waals surface area contributed by atoms with Crippen LogP contribution in [0.1, 0.15) is 16.1 Å². The van der Waals surface area contributed by atoms with Crippen molar-refractivity contribution in [1.29, 1.82) is 0 Å². The molecule has 0 aliphatic rings. The highest BCUT2D eigenvalue weighted by atomic mass is 19.4. The monoisotopic (exact) mass is 306 g/mol. The van der Waals surface area contributed by atoms with Crippen molar-refractivity contribution in [3.63, 3.8) is 0 Å². The molecule has 0 spiro atoms. The van der Waals surface area contributed by atoms with Crippen molar-refractivity contribution in [3.8, 4) is 11.3 Å². The van der Waals surface area contributed by atoms with Gasteiger partial charge in [0.05, 0.1) is 11.3 Å². The van der Waals surface area contributed by atoms with Crippen LogP contribution in [0.2, 0.25) is 0 Å². The summed E-state index contributed by atoms with van der Waals surface area (Å²) < 4.78 is 39.0. The minimum atomic E-state index is -4.39. The van der Waals surface area contributed by atoms with Gasteiger partial charge in [0.15, 0.2) is 0 Å². The lowest BCUT2D eigenvalue weighted by Gasteiger charge is -2.06. The fraction of sp³-hybridized carbons (Fsp3) is 0.0667. The Hall–Kier alpha value is -2.83.